The summed E-state index contributed by atoms with van der Waals surface area (Å²) in [5, 5.41) is 33.2. The summed E-state index contributed by atoms with van der Waals surface area (Å²) in [6.45, 7) is 8.80. The maximum Gasteiger partial charge on any atom is 0.313 e. The number of epoxide rings is 1. The molecule has 0 aromatic carbocycles. The second kappa shape index (κ2) is 4.74. The number of carbonyl (C=O) groups excluding carboxylic acids is 2. The van der Waals surface area contributed by atoms with Crippen molar-refractivity contribution in [2.75, 3.05) is 0 Å². The van der Waals surface area contributed by atoms with Gasteiger partial charge in [-0.1, -0.05) is 19.1 Å². The Hall–Kier alpha value is -1.48. The molecule has 5 aliphatic rings. The van der Waals surface area contributed by atoms with E-state index in [4.69, 9.17) is 14.2 Å². The lowest BCUT2D eigenvalue weighted by atomic mass is 9.50. The molecule has 1 spiro atoms. The van der Waals surface area contributed by atoms with Crippen molar-refractivity contribution in [1.29, 1.82) is 0 Å². The smallest absolute Gasteiger partial charge is 0.313 e. The molecule has 0 amide bonds. The Morgan fingerprint density at radius 2 is 1.96 bits per heavy atom. The molecule has 8 heteroatoms. The lowest BCUT2D eigenvalue weighted by molar-refractivity contribution is -0.272. The summed E-state index contributed by atoms with van der Waals surface area (Å²) in [6.07, 6.45) is -4.37. The van der Waals surface area contributed by atoms with Crippen molar-refractivity contribution in [1.82, 2.24) is 0 Å². The van der Waals surface area contributed by atoms with E-state index in [2.05, 4.69) is 6.58 Å². The monoisotopic (exact) mass is 380 g/mol. The third kappa shape index (κ3) is 1.59. The number of aliphatic hydroxyl groups excluding tert-OH is 2. The Labute approximate surface area is 156 Å². The van der Waals surface area contributed by atoms with Crippen molar-refractivity contribution in [2.45, 2.75) is 68.9 Å². The highest BCUT2D eigenvalue weighted by Gasteiger charge is 2.93. The summed E-state index contributed by atoms with van der Waals surface area (Å²) >= 11 is 0. The summed E-state index contributed by atoms with van der Waals surface area (Å²) in [5.74, 6) is -3.46. The maximum atomic E-state index is 12.7. The molecule has 11 atom stereocenters. The topological polar surface area (TPSA) is 126 Å². The molecule has 2 saturated carbocycles. The Bertz CT molecular complexity index is 778. The fraction of sp³-hybridized carbons (Fsp3) is 0.789. The van der Waals surface area contributed by atoms with Crippen LogP contribution in [0.2, 0.25) is 0 Å². The van der Waals surface area contributed by atoms with Crippen LogP contribution in [0.25, 0.3) is 0 Å². The predicted octanol–water partition coefficient (Wildman–Crippen LogP) is -0.704. The summed E-state index contributed by atoms with van der Waals surface area (Å²) in [6, 6.07) is 0. The number of hydrogen-bond acceptors (Lipinski definition) is 8. The van der Waals surface area contributed by atoms with E-state index in [-0.39, 0.29) is 6.42 Å². The number of esters is 2. The minimum Gasteiger partial charge on any atom is -0.459 e. The summed E-state index contributed by atoms with van der Waals surface area (Å²) in [5.41, 5.74) is -3.83. The first-order valence-corrected chi connectivity index (χ1v) is 9.35. The molecule has 2 bridgehead atoms. The van der Waals surface area contributed by atoms with Crippen molar-refractivity contribution in [3.8, 4) is 0 Å². The van der Waals surface area contributed by atoms with Crippen molar-refractivity contribution < 1.29 is 39.1 Å². The van der Waals surface area contributed by atoms with Gasteiger partial charge in [-0.2, -0.15) is 0 Å². The molecule has 0 aromatic heterocycles. The van der Waals surface area contributed by atoms with E-state index in [0.29, 0.717) is 5.57 Å². The molecule has 0 radical (unpaired) electrons. The first-order chi connectivity index (χ1) is 12.5. The van der Waals surface area contributed by atoms with E-state index < -0.39 is 76.8 Å². The molecule has 5 rings (SSSR count). The zero-order valence-corrected chi connectivity index (χ0v) is 15.4. The molecule has 3 saturated heterocycles. The van der Waals surface area contributed by atoms with Gasteiger partial charge in [0.25, 0.3) is 0 Å². The number of aliphatic hydroxyl groups is 3. The van der Waals surface area contributed by atoms with Gasteiger partial charge < -0.3 is 29.5 Å². The Kier molecular flexibility index (Phi) is 3.09. The summed E-state index contributed by atoms with van der Waals surface area (Å²) < 4.78 is 16.9. The van der Waals surface area contributed by atoms with Crippen molar-refractivity contribution in [3.63, 3.8) is 0 Å². The van der Waals surface area contributed by atoms with E-state index >= 15 is 0 Å². The Morgan fingerprint density at radius 3 is 2.52 bits per heavy atom. The number of rotatable bonds is 2. The van der Waals surface area contributed by atoms with Crippen LogP contribution in [0.4, 0.5) is 0 Å². The quantitative estimate of drug-likeness (QED) is 0.326. The van der Waals surface area contributed by atoms with E-state index in [1.165, 1.54) is 6.92 Å². The molecule has 27 heavy (non-hydrogen) atoms. The molecule has 2 aliphatic carbocycles. The summed E-state index contributed by atoms with van der Waals surface area (Å²) in [7, 11) is 0. The van der Waals surface area contributed by atoms with Gasteiger partial charge in [0.2, 0.25) is 0 Å². The van der Waals surface area contributed by atoms with Crippen LogP contribution in [0.1, 0.15) is 27.2 Å². The fourth-order valence-electron chi connectivity index (χ4n) is 6.51. The van der Waals surface area contributed by atoms with Gasteiger partial charge in [0.1, 0.15) is 30.0 Å². The number of hydrogen-bond donors (Lipinski definition) is 3. The molecule has 3 N–H and O–H groups in total. The minimum atomic E-state index is -1.77. The molecular formula is C19H24O8. The molecule has 148 valence electrons. The molecule has 0 aromatic rings. The minimum absolute atomic E-state index is 0.103. The fourth-order valence-corrected chi connectivity index (χ4v) is 6.51. The van der Waals surface area contributed by atoms with Crippen molar-refractivity contribution in [3.05, 3.63) is 12.2 Å². The molecular weight excluding hydrogens is 356 g/mol. The molecule has 3 aliphatic heterocycles. The van der Waals surface area contributed by atoms with Gasteiger partial charge >= 0.3 is 11.9 Å². The zero-order chi connectivity index (χ0) is 19.7. The van der Waals surface area contributed by atoms with E-state index in [9.17, 15) is 24.9 Å². The van der Waals surface area contributed by atoms with Crippen molar-refractivity contribution >= 4 is 11.9 Å². The van der Waals surface area contributed by atoms with Gasteiger partial charge in [-0.25, -0.2) is 0 Å². The first-order valence-electron chi connectivity index (χ1n) is 9.35. The first kappa shape index (κ1) is 17.6. The predicted molar refractivity (Wildman–Crippen MR) is 88.0 cm³/mol. The van der Waals surface area contributed by atoms with Gasteiger partial charge in [-0.15, -0.1) is 0 Å². The van der Waals surface area contributed by atoms with Crippen LogP contribution in [0, 0.1) is 23.2 Å². The zero-order valence-electron chi connectivity index (χ0n) is 15.4. The van der Waals surface area contributed by atoms with E-state index in [1.54, 1.807) is 13.8 Å². The standard InChI is InChI=1S/C19H24O8/c1-6(2)9-10-16(23)25-11(9)12(21)17(4)18(13-14(26-13)19(10,17)24)5-8(7(3)20)15(22)27-18/h7-14,20-21,24H,1,5H2,2-4H3/t7-,8-,9-,10+,11+,12+,13+,14-,17-,18+,19-/m0/s1. The highest BCUT2D eigenvalue weighted by atomic mass is 16.7. The normalized spacial score (nSPS) is 58.5. The SMILES string of the molecule is C=C(C)[C@@H]1[C@H]2OC(=O)[C@@H]1[C@]1(O)[C@H]3O[C@H]3[C@]3(C[C@@H]([C@H](C)O)C(=O)O3)[C@]1(C)[C@@H]2O. The van der Waals surface area contributed by atoms with Crippen LogP contribution in [0.15, 0.2) is 12.2 Å². The molecule has 5 fully saturated rings. The van der Waals surface area contributed by atoms with Crippen LogP contribution in [0.3, 0.4) is 0 Å². The second-order valence-corrected chi connectivity index (χ2v) is 9.06. The van der Waals surface area contributed by atoms with Gasteiger partial charge in [0.15, 0.2) is 5.60 Å². The van der Waals surface area contributed by atoms with Gasteiger partial charge in [0.05, 0.1) is 23.4 Å². The van der Waals surface area contributed by atoms with Crippen LogP contribution in [-0.4, -0.2) is 69.0 Å². The third-order valence-electron chi connectivity index (χ3n) is 7.95. The molecule has 0 unspecified atom stereocenters. The van der Waals surface area contributed by atoms with Crippen LogP contribution < -0.4 is 0 Å². The lowest BCUT2D eigenvalue weighted by Crippen LogP contribution is -2.72. The third-order valence-corrected chi connectivity index (χ3v) is 7.95. The Morgan fingerprint density at radius 1 is 1.30 bits per heavy atom. The second-order valence-electron chi connectivity index (χ2n) is 9.06. The van der Waals surface area contributed by atoms with Crippen LogP contribution >= 0.6 is 0 Å². The van der Waals surface area contributed by atoms with E-state index in [1.807, 2.05) is 0 Å². The molecule has 3 heterocycles. The van der Waals surface area contributed by atoms with Crippen LogP contribution in [-0.2, 0) is 23.8 Å². The summed E-state index contributed by atoms with van der Waals surface area (Å²) in [4.78, 5) is 25.1. The van der Waals surface area contributed by atoms with E-state index in [0.717, 1.165) is 0 Å². The van der Waals surface area contributed by atoms with Gasteiger partial charge in [-0.05, 0) is 13.8 Å². The highest BCUT2D eigenvalue weighted by Crippen LogP contribution is 2.75. The van der Waals surface area contributed by atoms with Gasteiger partial charge in [0, 0.05) is 12.3 Å². The number of ether oxygens (including phenoxy) is 3. The van der Waals surface area contributed by atoms with Gasteiger partial charge in [-0.3, -0.25) is 9.59 Å². The largest absolute Gasteiger partial charge is 0.459 e. The molecule has 8 nitrogen and oxygen atoms in total. The lowest BCUT2D eigenvalue weighted by Gasteiger charge is -2.57. The highest BCUT2D eigenvalue weighted by molar-refractivity contribution is 5.81. The average molecular weight is 380 g/mol. The number of carbonyl (C=O) groups is 2. The average Bonchev–Trinajstić information content (AvgIpc) is 3.17. The maximum absolute atomic E-state index is 12.7. The Balaban J connectivity index is 1.69. The van der Waals surface area contributed by atoms with Crippen molar-refractivity contribution in [2.24, 2.45) is 23.2 Å². The number of fused-ring (bicyclic) bond motifs is 8. The van der Waals surface area contributed by atoms with Crippen LogP contribution in [0.5, 0.6) is 0 Å².